The first kappa shape index (κ1) is 16.0. The van der Waals surface area contributed by atoms with E-state index in [4.69, 9.17) is 27.9 Å². The predicted molar refractivity (Wildman–Crippen MR) is 73.1 cm³/mol. The number of hydrogen-bond donors (Lipinski definition) is 1. The van der Waals surface area contributed by atoms with Crippen molar-refractivity contribution in [3.05, 3.63) is 29.8 Å². The molecule has 4 nitrogen and oxygen atoms in total. The summed E-state index contributed by atoms with van der Waals surface area (Å²) in [4.78, 5) is 23.3. The maximum atomic E-state index is 13.0. The third-order valence-electron chi connectivity index (χ3n) is 3.25. The topological polar surface area (TPSA) is 55.4 Å². The number of esters is 1. The van der Waals surface area contributed by atoms with Crippen LogP contribution in [0.15, 0.2) is 18.2 Å². The Balaban J connectivity index is 1.85. The van der Waals surface area contributed by atoms with E-state index in [0.29, 0.717) is 0 Å². The number of rotatable bonds is 4. The number of hydrogen-bond acceptors (Lipinski definition) is 3. The molecule has 1 aliphatic carbocycles. The molecule has 0 bridgehead atoms. The quantitative estimate of drug-likeness (QED) is 0.678. The number of benzene rings is 1. The Morgan fingerprint density at radius 1 is 1.33 bits per heavy atom. The van der Waals surface area contributed by atoms with Crippen LogP contribution in [0.5, 0.6) is 0 Å². The highest BCUT2D eigenvalue weighted by Gasteiger charge is 2.69. The number of ether oxygens (including phenoxy) is 1. The molecule has 1 saturated carbocycles. The molecule has 1 N–H and O–H groups in total. The van der Waals surface area contributed by atoms with E-state index < -0.39 is 39.9 Å². The molecule has 8 heteroatoms. The second kappa shape index (κ2) is 5.42. The Morgan fingerprint density at radius 3 is 2.48 bits per heavy atom. The molecule has 0 aliphatic heterocycles. The van der Waals surface area contributed by atoms with E-state index in [0.717, 1.165) is 12.1 Å². The van der Waals surface area contributed by atoms with Crippen LogP contribution in [0.2, 0.25) is 0 Å². The summed E-state index contributed by atoms with van der Waals surface area (Å²) in [7, 11) is 0. The summed E-state index contributed by atoms with van der Waals surface area (Å²) in [6.45, 7) is 0.958. The van der Waals surface area contributed by atoms with E-state index in [1.807, 2.05) is 0 Å². The van der Waals surface area contributed by atoms with E-state index in [9.17, 15) is 18.4 Å². The number of carbonyl (C=O) groups is 2. The lowest BCUT2D eigenvalue weighted by atomic mass is 10.1. The van der Waals surface area contributed by atoms with Crippen LogP contribution in [0, 0.1) is 17.0 Å². The van der Waals surface area contributed by atoms with Crippen LogP contribution >= 0.6 is 23.2 Å². The molecule has 0 saturated heterocycles. The first-order chi connectivity index (χ1) is 9.65. The van der Waals surface area contributed by atoms with E-state index in [-0.39, 0.29) is 12.1 Å². The van der Waals surface area contributed by atoms with Gasteiger partial charge >= 0.3 is 5.97 Å². The fraction of sp³-hybridized carbons (Fsp3) is 0.385. The molecule has 1 aromatic carbocycles. The molecule has 1 fully saturated rings. The molecular weight excluding hydrogens is 327 g/mol. The summed E-state index contributed by atoms with van der Waals surface area (Å²) >= 11 is 11.6. The van der Waals surface area contributed by atoms with Gasteiger partial charge in [-0.3, -0.25) is 9.59 Å². The average molecular weight is 338 g/mol. The molecular formula is C13H11Cl2F2NO3. The minimum atomic E-state index is -1.18. The first-order valence-electron chi connectivity index (χ1n) is 5.96. The SMILES string of the molecule is CC1(C(=O)OCC(=O)Nc2ccc(F)c(F)c2)CC1(Cl)Cl. The standard InChI is InChI=1S/C13H11Cl2F2NO3/c1-12(6-13(12,14)15)11(20)21-5-10(19)18-7-2-3-8(16)9(17)4-7/h2-4H,5-6H2,1H3,(H,18,19). The van der Waals surface area contributed by atoms with Crippen molar-refractivity contribution < 1.29 is 23.1 Å². The number of nitrogens with one attached hydrogen (secondary N) is 1. The highest BCUT2D eigenvalue weighted by atomic mass is 35.5. The molecule has 0 radical (unpaired) electrons. The lowest BCUT2D eigenvalue weighted by Gasteiger charge is -2.11. The Morgan fingerprint density at radius 2 is 1.95 bits per heavy atom. The molecule has 2 rings (SSSR count). The maximum absolute atomic E-state index is 13.0. The van der Waals surface area contributed by atoms with Crippen molar-refractivity contribution in [2.75, 3.05) is 11.9 Å². The predicted octanol–water partition coefficient (Wildman–Crippen LogP) is 3.03. The van der Waals surface area contributed by atoms with Gasteiger partial charge in [0.2, 0.25) is 0 Å². The van der Waals surface area contributed by atoms with Crippen LogP contribution in [0.25, 0.3) is 0 Å². The van der Waals surface area contributed by atoms with Crippen molar-refractivity contribution in [2.24, 2.45) is 5.41 Å². The fourth-order valence-electron chi connectivity index (χ4n) is 1.68. The third kappa shape index (κ3) is 3.27. The average Bonchev–Trinajstić information content (AvgIpc) is 2.91. The number of carbonyl (C=O) groups excluding carboxylic acids is 2. The van der Waals surface area contributed by atoms with E-state index in [1.54, 1.807) is 0 Å². The number of halogens is 4. The van der Waals surface area contributed by atoms with Crippen LogP contribution in [0.4, 0.5) is 14.5 Å². The van der Waals surface area contributed by atoms with Gasteiger partial charge in [-0.05, 0) is 19.1 Å². The molecule has 0 heterocycles. The fourth-order valence-corrected chi connectivity index (χ4v) is 2.37. The third-order valence-corrected chi connectivity index (χ3v) is 4.35. The lowest BCUT2D eigenvalue weighted by Crippen LogP contribution is -2.26. The highest BCUT2D eigenvalue weighted by molar-refractivity contribution is 6.53. The smallest absolute Gasteiger partial charge is 0.315 e. The molecule has 21 heavy (non-hydrogen) atoms. The number of alkyl halides is 2. The number of amides is 1. The Bertz CT molecular complexity index is 609. The van der Waals surface area contributed by atoms with Crippen molar-refractivity contribution in [2.45, 2.75) is 17.7 Å². The highest BCUT2D eigenvalue weighted by Crippen LogP contribution is 2.64. The Hall–Kier alpha value is -1.40. The van der Waals surface area contributed by atoms with Gasteiger partial charge in [-0.2, -0.15) is 0 Å². The summed E-state index contributed by atoms with van der Waals surface area (Å²) in [5.74, 6) is -3.49. The van der Waals surface area contributed by atoms with E-state index in [2.05, 4.69) is 5.32 Å². The van der Waals surface area contributed by atoms with Gasteiger partial charge in [0, 0.05) is 18.2 Å². The lowest BCUT2D eigenvalue weighted by molar-refractivity contribution is -0.152. The summed E-state index contributed by atoms with van der Waals surface area (Å²) in [6, 6.07) is 2.88. The van der Waals surface area contributed by atoms with Gasteiger partial charge in [-0.25, -0.2) is 8.78 Å². The van der Waals surface area contributed by atoms with Gasteiger partial charge in [0.25, 0.3) is 5.91 Å². The molecule has 1 aromatic rings. The minimum absolute atomic E-state index is 0.0524. The Labute approximate surface area is 129 Å². The molecule has 0 spiro atoms. The van der Waals surface area contributed by atoms with Crippen molar-refractivity contribution in [3.8, 4) is 0 Å². The van der Waals surface area contributed by atoms with E-state index >= 15 is 0 Å². The first-order valence-corrected chi connectivity index (χ1v) is 6.71. The van der Waals surface area contributed by atoms with Crippen LogP contribution in [-0.2, 0) is 14.3 Å². The summed E-state index contributed by atoms with van der Waals surface area (Å²) in [6.07, 6.45) is 0.243. The van der Waals surface area contributed by atoms with Gasteiger partial charge in [0.1, 0.15) is 9.75 Å². The largest absolute Gasteiger partial charge is 0.455 e. The van der Waals surface area contributed by atoms with E-state index in [1.165, 1.54) is 13.0 Å². The van der Waals surface area contributed by atoms with Crippen LogP contribution in [-0.4, -0.2) is 22.8 Å². The zero-order valence-corrected chi connectivity index (χ0v) is 12.4. The van der Waals surface area contributed by atoms with Crippen LogP contribution in [0.1, 0.15) is 13.3 Å². The zero-order valence-electron chi connectivity index (χ0n) is 10.9. The summed E-state index contributed by atoms with van der Waals surface area (Å²) in [5, 5.41) is 2.27. The van der Waals surface area contributed by atoms with Gasteiger partial charge < -0.3 is 10.1 Å². The van der Waals surface area contributed by atoms with Gasteiger partial charge in [-0.1, -0.05) is 0 Å². The molecule has 114 valence electrons. The summed E-state index contributed by atoms with van der Waals surface area (Å²) < 4.78 is 29.3. The monoisotopic (exact) mass is 337 g/mol. The molecule has 1 atom stereocenters. The van der Waals surface area contributed by atoms with Gasteiger partial charge in [0.15, 0.2) is 18.2 Å². The normalized spacial score (nSPS) is 22.5. The second-order valence-corrected chi connectivity index (χ2v) is 6.45. The van der Waals surface area contributed by atoms with Crippen molar-refractivity contribution >= 4 is 40.8 Å². The minimum Gasteiger partial charge on any atom is -0.455 e. The van der Waals surface area contributed by atoms with Crippen molar-refractivity contribution in [3.63, 3.8) is 0 Å². The molecule has 0 aromatic heterocycles. The van der Waals surface area contributed by atoms with Crippen molar-refractivity contribution in [1.82, 2.24) is 0 Å². The maximum Gasteiger partial charge on any atom is 0.315 e. The van der Waals surface area contributed by atoms with Crippen molar-refractivity contribution in [1.29, 1.82) is 0 Å². The second-order valence-electron chi connectivity index (χ2n) is 4.97. The van der Waals surface area contributed by atoms with Gasteiger partial charge in [-0.15, -0.1) is 23.2 Å². The molecule has 1 unspecified atom stereocenters. The van der Waals surface area contributed by atoms with Crippen LogP contribution in [0.3, 0.4) is 0 Å². The molecule has 1 amide bonds. The summed E-state index contributed by atoms with van der Waals surface area (Å²) in [5.41, 5.74) is -0.977. The number of anilines is 1. The van der Waals surface area contributed by atoms with Gasteiger partial charge in [0.05, 0.1) is 0 Å². The zero-order chi connectivity index (χ0) is 15.8. The molecule has 1 aliphatic rings. The Kier molecular flexibility index (Phi) is 4.13. The van der Waals surface area contributed by atoms with Crippen LogP contribution < -0.4 is 5.32 Å².